The van der Waals surface area contributed by atoms with Crippen LogP contribution in [0.25, 0.3) is 0 Å². The molecule has 0 saturated heterocycles. The number of rotatable bonds is 8. The fourth-order valence-corrected chi connectivity index (χ4v) is 1.46. The summed E-state index contributed by atoms with van der Waals surface area (Å²) < 4.78 is 5.71. The van der Waals surface area contributed by atoms with Crippen LogP contribution in [-0.2, 0) is 4.74 Å². The maximum Gasteiger partial charge on any atom is 0.0671 e. The fraction of sp³-hybridized carbons (Fsp3) is 1.00. The molecule has 1 N–H and O–H groups in total. The zero-order valence-corrected chi connectivity index (χ0v) is 9.88. The molecule has 0 aromatic carbocycles. The van der Waals surface area contributed by atoms with Crippen molar-refractivity contribution in [3.05, 3.63) is 0 Å². The van der Waals surface area contributed by atoms with E-state index in [0.29, 0.717) is 6.10 Å². The van der Waals surface area contributed by atoms with Crippen LogP contribution in [0.5, 0.6) is 0 Å². The average molecular weight is 199 g/mol. The zero-order chi connectivity index (χ0) is 10.4. The molecule has 2 nitrogen and oxygen atoms in total. The van der Waals surface area contributed by atoms with Gasteiger partial charge in [0.05, 0.1) is 6.10 Å². The van der Waals surface area contributed by atoms with E-state index in [1.54, 1.807) is 0 Å². The molecule has 1 aliphatic carbocycles. The van der Waals surface area contributed by atoms with E-state index in [1.165, 1.54) is 25.7 Å². The Morgan fingerprint density at radius 3 is 2.57 bits per heavy atom. The normalized spacial score (nSPS) is 18.9. The van der Waals surface area contributed by atoms with Crippen LogP contribution >= 0.6 is 0 Å². The molecule has 1 atom stereocenters. The van der Waals surface area contributed by atoms with Crippen LogP contribution in [0.4, 0.5) is 0 Å². The van der Waals surface area contributed by atoms with Crippen molar-refractivity contribution in [1.82, 2.24) is 5.32 Å². The Hall–Kier alpha value is -0.0800. The molecular formula is C12H25NO. The predicted octanol–water partition coefficient (Wildman–Crippen LogP) is 2.58. The SMILES string of the molecule is CC(C)CCCOC(C)CNC1CC1. The summed E-state index contributed by atoms with van der Waals surface area (Å²) in [6.07, 6.45) is 5.58. The molecule has 14 heavy (non-hydrogen) atoms. The van der Waals surface area contributed by atoms with Crippen molar-refractivity contribution in [3.63, 3.8) is 0 Å². The molecule has 0 amide bonds. The third-order valence-electron chi connectivity index (χ3n) is 2.60. The Balaban J connectivity index is 1.83. The first-order chi connectivity index (χ1) is 6.68. The van der Waals surface area contributed by atoms with E-state index < -0.39 is 0 Å². The molecule has 1 fully saturated rings. The minimum Gasteiger partial charge on any atom is -0.377 e. The Kier molecular flexibility index (Phi) is 5.49. The van der Waals surface area contributed by atoms with E-state index in [4.69, 9.17) is 4.74 Å². The Labute approximate surface area is 88.4 Å². The molecule has 1 rings (SSSR count). The lowest BCUT2D eigenvalue weighted by Crippen LogP contribution is -2.28. The standard InChI is InChI=1S/C12H25NO/c1-10(2)5-4-8-14-11(3)9-13-12-6-7-12/h10-13H,4-9H2,1-3H3. The first-order valence-corrected chi connectivity index (χ1v) is 6.03. The van der Waals surface area contributed by atoms with Crippen LogP contribution in [0.15, 0.2) is 0 Å². The van der Waals surface area contributed by atoms with Crippen molar-refractivity contribution in [1.29, 1.82) is 0 Å². The van der Waals surface area contributed by atoms with Gasteiger partial charge in [-0.05, 0) is 38.5 Å². The predicted molar refractivity (Wildman–Crippen MR) is 60.5 cm³/mol. The summed E-state index contributed by atoms with van der Waals surface area (Å²) in [6, 6.07) is 0.803. The molecule has 1 saturated carbocycles. The Morgan fingerprint density at radius 1 is 1.29 bits per heavy atom. The van der Waals surface area contributed by atoms with Gasteiger partial charge in [-0.3, -0.25) is 0 Å². The van der Waals surface area contributed by atoms with E-state index in [1.807, 2.05) is 0 Å². The number of nitrogens with one attached hydrogen (secondary N) is 1. The van der Waals surface area contributed by atoms with E-state index in [9.17, 15) is 0 Å². The van der Waals surface area contributed by atoms with Gasteiger partial charge in [-0.25, -0.2) is 0 Å². The quantitative estimate of drug-likeness (QED) is 0.607. The monoisotopic (exact) mass is 199 g/mol. The van der Waals surface area contributed by atoms with Crippen LogP contribution in [0.1, 0.15) is 46.5 Å². The second-order valence-electron chi connectivity index (χ2n) is 4.90. The van der Waals surface area contributed by atoms with Crippen molar-refractivity contribution in [2.45, 2.75) is 58.6 Å². The summed E-state index contributed by atoms with van der Waals surface area (Å²) in [7, 11) is 0. The van der Waals surface area contributed by atoms with Gasteiger partial charge in [0.1, 0.15) is 0 Å². The van der Waals surface area contributed by atoms with Crippen molar-refractivity contribution in [2.75, 3.05) is 13.2 Å². The lowest BCUT2D eigenvalue weighted by Gasteiger charge is -2.14. The highest BCUT2D eigenvalue weighted by molar-refractivity contribution is 4.81. The Bertz CT molecular complexity index is 143. The number of ether oxygens (including phenoxy) is 1. The molecule has 0 heterocycles. The van der Waals surface area contributed by atoms with Gasteiger partial charge in [-0.2, -0.15) is 0 Å². The summed E-state index contributed by atoms with van der Waals surface area (Å²) in [6.45, 7) is 8.62. The average Bonchev–Trinajstić information content (AvgIpc) is 2.92. The van der Waals surface area contributed by atoms with Crippen molar-refractivity contribution >= 4 is 0 Å². The molecule has 0 aliphatic heterocycles. The highest BCUT2D eigenvalue weighted by Gasteiger charge is 2.20. The van der Waals surface area contributed by atoms with Gasteiger partial charge in [0, 0.05) is 19.2 Å². The van der Waals surface area contributed by atoms with Crippen LogP contribution in [0.2, 0.25) is 0 Å². The third kappa shape index (κ3) is 6.39. The maximum absolute atomic E-state index is 5.71. The lowest BCUT2D eigenvalue weighted by atomic mass is 10.1. The molecule has 1 unspecified atom stereocenters. The lowest BCUT2D eigenvalue weighted by molar-refractivity contribution is 0.0616. The smallest absolute Gasteiger partial charge is 0.0671 e. The number of hydrogen-bond acceptors (Lipinski definition) is 2. The topological polar surface area (TPSA) is 21.3 Å². The second kappa shape index (κ2) is 6.41. The van der Waals surface area contributed by atoms with Crippen LogP contribution in [-0.4, -0.2) is 25.3 Å². The first-order valence-electron chi connectivity index (χ1n) is 6.03. The molecule has 0 radical (unpaired) electrons. The van der Waals surface area contributed by atoms with E-state index >= 15 is 0 Å². The van der Waals surface area contributed by atoms with E-state index in [-0.39, 0.29) is 0 Å². The van der Waals surface area contributed by atoms with Gasteiger partial charge in [0.15, 0.2) is 0 Å². The van der Waals surface area contributed by atoms with Crippen molar-refractivity contribution in [2.24, 2.45) is 5.92 Å². The molecule has 84 valence electrons. The van der Waals surface area contributed by atoms with Crippen LogP contribution in [0.3, 0.4) is 0 Å². The molecule has 0 aromatic rings. The van der Waals surface area contributed by atoms with Gasteiger partial charge in [-0.1, -0.05) is 13.8 Å². The zero-order valence-electron chi connectivity index (χ0n) is 9.88. The van der Waals surface area contributed by atoms with Gasteiger partial charge >= 0.3 is 0 Å². The minimum atomic E-state index is 0.378. The van der Waals surface area contributed by atoms with E-state index in [2.05, 4.69) is 26.1 Å². The van der Waals surface area contributed by atoms with Crippen molar-refractivity contribution < 1.29 is 4.74 Å². The van der Waals surface area contributed by atoms with Gasteiger partial charge in [0.25, 0.3) is 0 Å². The fourth-order valence-electron chi connectivity index (χ4n) is 1.46. The summed E-state index contributed by atoms with van der Waals surface area (Å²) >= 11 is 0. The van der Waals surface area contributed by atoms with Crippen LogP contribution < -0.4 is 5.32 Å². The van der Waals surface area contributed by atoms with Gasteiger partial charge in [-0.15, -0.1) is 0 Å². The summed E-state index contributed by atoms with van der Waals surface area (Å²) in [4.78, 5) is 0. The van der Waals surface area contributed by atoms with Gasteiger partial charge in [0.2, 0.25) is 0 Å². The highest BCUT2D eigenvalue weighted by atomic mass is 16.5. The van der Waals surface area contributed by atoms with Crippen molar-refractivity contribution in [3.8, 4) is 0 Å². The Morgan fingerprint density at radius 2 is 2.00 bits per heavy atom. The third-order valence-corrected chi connectivity index (χ3v) is 2.60. The van der Waals surface area contributed by atoms with Gasteiger partial charge < -0.3 is 10.1 Å². The molecule has 0 aromatic heterocycles. The highest BCUT2D eigenvalue weighted by Crippen LogP contribution is 2.18. The molecule has 2 heteroatoms. The minimum absolute atomic E-state index is 0.378. The largest absolute Gasteiger partial charge is 0.377 e. The summed E-state index contributed by atoms with van der Waals surface area (Å²) in [5, 5.41) is 3.48. The number of hydrogen-bond donors (Lipinski definition) is 1. The molecular weight excluding hydrogens is 174 g/mol. The first kappa shape index (κ1) is 12.0. The van der Waals surface area contributed by atoms with Crippen LogP contribution in [0, 0.1) is 5.92 Å². The molecule has 0 spiro atoms. The molecule has 0 bridgehead atoms. The summed E-state index contributed by atoms with van der Waals surface area (Å²) in [5.41, 5.74) is 0. The molecule has 1 aliphatic rings. The van der Waals surface area contributed by atoms with E-state index in [0.717, 1.165) is 25.1 Å². The summed E-state index contributed by atoms with van der Waals surface area (Å²) in [5.74, 6) is 0.804. The second-order valence-corrected chi connectivity index (χ2v) is 4.90. The maximum atomic E-state index is 5.71.